The molecular formula is C13H25NO2S. The molecule has 0 bridgehead atoms. The highest BCUT2D eigenvalue weighted by atomic mass is 32.2. The Balaban J connectivity index is 1.78. The topological polar surface area (TPSA) is 46.2 Å². The van der Waals surface area contributed by atoms with Gasteiger partial charge < -0.3 is 5.32 Å². The molecule has 2 saturated carbocycles. The van der Waals surface area contributed by atoms with Crippen molar-refractivity contribution in [2.75, 3.05) is 18.6 Å². The maximum absolute atomic E-state index is 11.2. The van der Waals surface area contributed by atoms with Gasteiger partial charge in [-0.2, -0.15) is 0 Å². The van der Waals surface area contributed by atoms with Crippen molar-refractivity contribution in [2.24, 2.45) is 5.41 Å². The fraction of sp³-hybridized carbons (Fsp3) is 1.00. The molecule has 4 heteroatoms. The number of sulfone groups is 1. The van der Waals surface area contributed by atoms with Crippen LogP contribution in [0.5, 0.6) is 0 Å². The van der Waals surface area contributed by atoms with Crippen molar-refractivity contribution in [2.45, 2.75) is 57.4 Å². The molecule has 0 saturated heterocycles. The average Bonchev–Trinajstić information content (AvgIpc) is 2.95. The molecule has 1 N–H and O–H groups in total. The lowest BCUT2D eigenvalue weighted by Crippen LogP contribution is -2.33. The van der Waals surface area contributed by atoms with Gasteiger partial charge in [0.25, 0.3) is 0 Å². The standard InChI is InChI=1S/C13H25NO2S/c1-17(15,16)10-4-9-13(7-2-3-8-13)11-14-12-5-6-12/h12,14H,2-11H2,1H3. The van der Waals surface area contributed by atoms with E-state index in [0.29, 0.717) is 11.2 Å². The van der Waals surface area contributed by atoms with Crippen molar-refractivity contribution >= 4 is 9.84 Å². The molecule has 0 aromatic heterocycles. The van der Waals surface area contributed by atoms with E-state index in [1.807, 2.05) is 0 Å². The number of nitrogens with one attached hydrogen (secondary N) is 1. The lowest BCUT2D eigenvalue weighted by Gasteiger charge is -2.29. The van der Waals surface area contributed by atoms with E-state index < -0.39 is 9.84 Å². The monoisotopic (exact) mass is 259 g/mol. The molecule has 0 spiro atoms. The molecule has 2 fully saturated rings. The molecule has 0 radical (unpaired) electrons. The van der Waals surface area contributed by atoms with Gasteiger partial charge >= 0.3 is 0 Å². The lowest BCUT2D eigenvalue weighted by atomic mass is 9.81. The van der Waals surface area contributed by atoms with Crippen molar-refractivity contribution in [3.8, 4) is 0 Å². The van der Waals surface area contributed by atoms with Crippen molar-refractivity contribution in [1.29, 1.82) is 0 Å². The molecular weight excluding hydrogens is 234 g/mol. The molecule has 0 amide bonds. The van der Waals surface area contributed by atoms with Crippen molar-refractivity contribution in [3.63, 3.8) is 0 Å². The Morgan fingerprint density at radius 2 is 1.88 bits per heavy atom. The van der Waals surface area contributed by atoms with Gasteiger partial charge in [0, 0.05) is 24.6 Å². The lowest BCUT2D eigenvalue weighted by molar-refractivity contribution is 0.254. The zero-order chi connectivity index (χ0) is 12.4. The van der Waals surface area contributed by atoms with Crippen LogP contribution in [0.2, 0.25) is 0 Å². The predicted molar refractivity (Wildman–Crippen MR) is 70.9 cm³/mol. The molecule has 3 nitrogen and oxygen atoms in total. The van der Waals surface area contributed by atoms with E-state index in [1.54, 1.807) is 0 Å². The summed E-state index contributed by atoms with van der Waals surface area (Å²) in [5.41, 5.74) is 0.410. The van der Waals surface area contributed by atoms with Gasteiger partial charge in [0.1, 0.15) is 9.84 Å². The third-order valence-electron chi connectivity index (χ3n) is 4.23. The Morgan fingerprint density at radius 1 is 1.24 bits per heavy atom. The Kier molecular flexibility index (Phi) is 4.14. The van der Waals surface area contributed by atoms with Crippen molar-refractivity contribution < 1.29 is 8.42 Å². The minimum Gasteiger partial charge on any atom is -0.313 e. The molecule has 2 aliphatic rings. The summed E-state index contributed by atoms with van der Waals surface area (Å²) in [6.07, 6.45) is 11.2. The second-order valence-electron chi connectivity index (χ2n) is 6.10. The van der Waals surface area contributed by atoms with E-state index in [-0.39, 0.29) is 0 Å². The Hall–Kier alpha value is -0.0900. The molecule has 0 atom stereocenters. The van der Waals surface area contributed by atoms with Crippen LogP contribution >= 0.6 is 0 Å². The second kappa shape index (κ2) is 5.27. The first kappa shape index (κ1) is 13.3. The second-order valence-corrected chi connectivity index (χ2v) is 8.36. The van der Waals surface area contributed by atoms with Crippen LogP contribution < -0.4 is 5.32 Å². The maximum atomic E-state index is 11.2. The van der Waals surface area contributed by atoms with Gasteiger partial charge in [0.2, 0.25) is 0 Å². The fourth-order valence-corrected chi connectivity index (χ4v) is 3.67. The van der Waals surface area contributed by atoms with E-state index in [1.165, 1.54) is 44.8 Å². The van der Waals surface area contributed by atoms with E-state index >= 15 is 0 Å². The number of hydrogen-bond donors (Lipinski definition) is 1. The van der Waals surface area contributed by atoms with Crippen LogP contribution in [-0.2, 0) is 9.84 Å². The summed E-state index contributed by atoms with van der Waals surface area (Å²) in [4.78, 5) is 0. The van der Waals surface area contributed by atoms with Gasteiger partial charge in [0.15, 0.2) is 0 Å². The molecule has 0 aromatic carbocycles. The molecule has 17 heavy (non-hydrogen) atoms. The summed E-state index contributed by atoms with van der Waals surface area (Å²) >= 11 is 0. The van der Waals surface area contributed by atoms with Crippen LogP contribution in [0.4, 0.5) is 0 Å². The van der Waals surface area contributed by atoms with E-state index in [4.69, 9.17) is 0 Å². The number of rotatable bonds is 7. The van der Waals surface area contributed by atoms with Gasteiger partial charge in [-0.05, 0) is 43.9 Å². The number of hydrogen-bond acceptors (Lipinski definition) is 3. The Bertz CT molecular complexity index is 340. The minimum atomic E-state index is -2.78. The first-order valence-corrected chi connectivity index (χ1v) is 8.96. The van der Waals surface area contributed by atoms with Crippen molar-refractivity contribution in [3.05, 3.63) is 0 Å². The molecule has 2 aliphatic carbocycles. The largest absolute Gasteiger partial charge is 0.313 e. The molecule has 0 aliphatic heterocycles. The van der Waals surface area contributed by atoms with Crippen LogP contribution in [0, 0.1) is 5.41 Å². The quantitative estimate of drug-likeness (QED) is 0.762. The first-order valence-electron chi connectivity index (χ1n) is 6.90. The normalized spacial score (nSPS) is 24.1. The summed E-state index contributed by atoms with van der Waals surface area (Å²) in [6.45, 7) is 1.11. The van der Waals surface area contributed by atoms with Crippen LogP contribution in [0.3, 0.4) is 0 Å². The van der Waals surface area contributed by atoms with E-state index in [9.17, 15) is 8.42 Å². The summed E-state index contributed by atoms with van der Waals surface area (Å²) in [5.74, 6) is 0.359. The highest BCUT2D eigenvalue weighted by Crippen LogP contribution is 2.42. The summed E-state index contributed by atoms with van der Waals surface area (Å²) < 4.78 is 22.3. The van der Waals surface area contributed by atoms with Crippen LogP contribution in [0.25, 0.3) is 0 Å². The third kappa shape index (κ3) is 4.59. The zero-order valence-electron chi connectivity index (χ0n) is 10.9. The summed E-state index contributed by atoms with van der Waals surface area (Å²) in [5, 5.41) is 3.64. The van der Waals surface area contributed by atoms with E-state index in [2.05, 4.69) is 5.32 Å². The van der Waals surface area contributed by atoms with Gasteiger partial charge in [-0.25, -0.2) is 8.42 Å². The first-order chi connectivity index (χ1) is 7.99. The van der Waals surface area contributed by atoms with Gasteiger partial charge in [-0.15, -0.1) is 0 Å². The molecule has 2 rings (SSSR count). The Labute approximate surface area is 105 Å². The fourth-order valence-electron chi connectivity index (χ4n) is 3.00. The summed E-state index contributed by atoms with van der Waals surface area (Å²) in [7, 11) is -2.78. The zero-order valence-corrected chi connectivity index (χ0v) is 11.7. The summed E-state index contributed by atoms with van der Waals surface area (Å²) in [6, 6.07) is 0.766. The van der Waals surface area contributed by atoms with Crippen LogP contribution in [0.15, 0.2) is 0 Å². The van der Waals surface area contributed by atoms with Gasteiger partial charge in [0.05, 0.1) is 0 Å². The smallest absolute Gasteiger partial charge is 0.147 e. The molecule has 0 aromatic rings. The highest BCUT2D eigenvalue weighted by molar-refractivity contribution is 7.90. The highest BCUT2D eigenvalue weighted by Gasteiger charge is 2.35. The van der Waals surface area contributed by atoms with Crippen LogP contribution in [0.1, 0.15) is 51.4 Å². The molecule has 100 valence electrons. The van der Waals surface area contributed by atoms with Gasteiger partial charge in [-0.3, -0.25) is 0 Å². The van der Waals surface area contributed by atoms with E-state index in [0.717, 1.165) is 25.4 Å². The van der Waals surface area contributed by atoms with Gasteiger partial charge in [-0.1, -0.05) is 12.8 Å². The predicted octanol–water partition coefficient (Wildman–Crippen LogP) is 2.12. The Morgan fingerprint density at radius 3 is 2.41 bits per heavy atom. The third-order valence-corrected chi connectivity index (χ3v) is 5.26. The molecule has 0 unspecified atom stereocenters. The minimum absolute atomic E-state index is 0.359. The maximum Gasteiger partial charge on any atom is 0.147 e. The SMILES string of the molecule is CS(=O)(=O)CCCC1(CNC2CC2)CCCC1. The van der Waals surface area contributed by atoms with Crippen LogP contribution in [-0.4, -0.2) is 33.0 Å². The van der Waals surface area contributed by atoms with Crippen molar-refractivity contribution in [1.82, 2.24) is 5.32 Å². The molecule has 0 heterocycles. The average molecular weight is 259 g/mol.